The Balaban J connectivity index is 1.46. The van der Waals surface area contributed by atoms with Gasteiger partial charge in [-0.3, -0.25) is 0 Å². The van der Waals surface area contributed by atoms with Gasteiger partial charge in [0.1, 0.15) is 19.3 Å². The van der Waals surface area contributed by atoms with E-state index in [1.165, 1.54) is 11.1 Å². The monoisotopic (exact) mass is 538 g/mol. The number of hydrogen-bond acceptors (Lipinski definition) is 7. The van der Waals surface area contributed by atoms with Crippen LogP contribution in [0.3, 0.4) is 0 Å². The Hall–Kier alpha value is -2.78. The van der Waals surface area contributed by atoms with Crippen molar-refractivity contribution in [1.82, 2.24) is 0 Å². The van der Waals surface area contributed by atoms with Gasteiger partial charge in [-0.15, -0.1) is 0 Å². The van der Waals surface area contributed by atoms with E-state index in [0.717, 1.165) is 47.9 Å². The quantitative estimate of drug-likeness (QED) is 0.143. The van der Waals surface area contributed by atoms with Gasteiger partial charge >= 0.3 is 0 Å². The van der Waals surface area contributed by atoms with Gasteiger partial charge in [-0.1, -0.05) is 48.5 Å². The number of phenols is 1. The number of aryl methyl sites for hydroxylation is 2. The number of ether oxygens (including phenoxy) is 6. The lowest BCUT2D eigenvalue weighted by Crippen LogP contribution is -2.07. The molecule has 3 aromatic carbocycles. The molecule has 0 bridgehead atoms. The molecule has 0 aliphatic rings. The van der Waals surface area contributed by atoms with E-state index >= 15 is 0 Å². The highest BCUT2D eigenvalue weighted by atomic mass is 16.7. The number of benzene rings is 3. The van der Waals surface area contributed by atoms with Crippen molar-refractivity contribution in [2.45, 2.75) is 25.7 Å². The van der Waals surface area contributed by atoms with Crippen LogP contribution in [0.25, 0.3) is 22.3 Å². The Morgan fingerprint density at radius 3 is 1.31 bits per heavy atom. The van der Waals surface area contributed by atoms with Crippen LogP contribution in [-0.4, -0.2) is 72.6 Å². The highest BCUT2D eigenvalue weighted by molar-refractivity contribution is 5.75. The molecule has 0 saturated heterocycles. The summed E-state index contributed by atoms with van der Waals surface area (Å²) < 4.78 is 31.5. The van der Waals surface area contributed by atoms with Gasteiger partial charge in [0.15, 0.2) is 0 Å². The molecule has 0 fully saturated rings. The molecular formula is C32H42O7. The number of methoxy groups -OCH3 is 2. The Bertz CT molecular complexity index is 969. The fourth-order valence-electron chi connectivity index (χ4n) is 4.07. The lowest BCUT2D eigenvalue weighted by Gasteiger charge is -2.10. The summed E-state index contributed by atoms with van der Waals surface area (Å²) in [6, 6.07) is 22.7. The molecule has 7 heteroatoms. The molecule has 0 amide bonds. The molecule has 3 aromatic rings. The molecule has 0 atom stereocenters. The van der Waals surface area contributed by atoms with Gasteiger partial charge in [0.2, 0.25) is 0 Å². The van der Waals surface area contributed by atoms with E-state index in [1.54, 1.807) is 14.2 Å². The van der Waals surface area contributed by atoms with Crippen molar-refractivity contribution < 1.29 is 33.5 Å². The van der Waals surface area contributed by atoms with Gasteiger partial charge in [-0.25, -0.2) is 0 Å². The van der Waals surface area contributed by atoms with Crippen LogP contribution in [0, 0.1) is 0 Å². The van der Waals surface area contributed by atoms with Gasteiger partial charge in [-0.2, -0.15) is 0 Å². The van der Waals surface area contributed by atoms with Crippen molar-refractivity contribution in [3.05, 3.63) is 77.9 Å². The standard InChI is InChI=1S/C32H42O7/c1-34-17-19-38-24-36-15-3-5-26-7-11-28(12-8-26)30-21-31(23-32(33)22-30)29-13-9-27(10-14-29)6-4-16-37-25-39-20-18-35-2/h7-14,21-23,33H,3-6,15-20,24-25H2,1-2H3. The minimum Gasteiger partial charge on any atom is -0.508 e. The summed E-state index contributed by atoms with van der Waals surface area (Å²) in [4.78, 5) is 0. The topological polar surface area (TPSA) is 75.6 Å². The normalized spacial score (nSPS) is 11.2. The first-order valence-corrected chi connectivity index (χ1v) is 13.5. The number of rotatable bonds is 20. The second-order valence-corrected chi connectivity index (χ2v) is 9.22. The van der Waals surface area contributed by atoms with E-state index in [-0.39, 0.29) is 5.75 Å². The zero-order valence-corrected chi connectivity index (χ0v) is 23.2. The first-order valence-electron chi connectivity index (χ1n) is 13.5. The van der Waals surface area contributed by atoms with Crippen LogP contribution >= 0.6 is 0 Å². The van der Waals surface area contributed by atoms with Crippen molar-refractivity contribution in [3.63, 3.8) is 0 Å². The summed E-state index contributed by atoms with van der Waals surface area (Å²) in [6.45, 7) is 4.14. The van der Waals surface area contributed by atoms with Gasteiger partial charge in [-0.05, 0) is 77.3 Å². The predicted molar refractivity (Wildman–Crippen MR) is 153 cm³/mol. The Morgan fingerprint density at radius 2 is 0.897 bits per heavy atom. The molecule has 3 rings (SSSR count). The number of aromatic hydroxyl groups is 1. The Morgan fingerprint density at radius 1 is 0.487 bits per heavy atom. The lowest BCUT2D eigenvalue weighted by molar-refractivity contribution is -0.0661. The van der Waals surface area contributed by atoms with Crippen molar-refractivity contribution >= 4 is 0 Å². The smallest absolute Gasteiger partial charge is 0.146 e. The SMILES string of the molecule is COCCOCOCCCc1ccc(-c2cc(O)cc(-c3ccc(CCCOCOCCOC)cc3)c2)cc1. The van der Waals surface area contributed by atoms with Crippen LogP contribution < -0.4 is 0 Å². The second kappa shape index (κ2) is 18.5. The van der Waals surface area contributed by atoms with E-state index in [2.05, 4.69) is 54.6 Å². The van der Waals surface area contributed by atoms with Crippen molar-refractivity contribution in [1.29, 1.82) is 0 Å². The van der Waals surface area contributed by atoms with Gasteiger partial charge in [0.05, 0.1) is 26.4 Å². The van der Waals surface area contributed by atoms with Crippen LogP contribution in [0.2, 0.25) is 0 Å². The first-order chi connectivity index (χ1) is 19.2. The molecule has 0 aliphatic heterocycles. The summed E-state index contributed by atoms with van der Waals surface area (Å²) in [5.41, 5.74) is 6.62. The summed E-state index contributed by atoms with van der Waals surface area (Å²) in [7, 11) is 3.30. The maximum Gasteiger partial charge on any atom is 0.146 e. The number of hydrogen-bond donors (Lipinski definition) is 1. The molecule has 0 heterocycles. The molecule has 212 valence electrons. The Labute approximate surface area is 232 Å². The largest absolute Gasteiger partial charge is 0.508 e. The lowest BCUT2D eigenvalue weighted by atomic mass is 9.96. The van der Waals surface area contributed by atoms with Crippen molar-refractivity contribution in [2.75, 3.05) is 67.4 Å². The highest BCUT2D eigenvalue weighted by Gasteiger charge is 2.06. The van der Waals surface area contributed by atoms with Crippen LogP contribution in [0.5, 0.6) is 5.75 Å². The maximum absolute atomic E-state index is 10.4. The van der Waals surface area contributed by atoms with Crippen LogP contribution in [-0.2, 0) is 41.3 Å². The molecule has 0 saturated carbocycles. The van der Waals surface area contributed by atoms with Crippen molar-refractivity contribution in [2.24, 2.45) is 0 Å². The van der Waals surface area contributed by atoms with E-state index in [4.69, 9.17) is 28.4 Å². The molecule has 0 unspecified atom stereocenters. The number of phenolic OH excluding ortho intramolecular Hbond substituents is 1. The highest BCUT2D eigenvalue weighted by Crippen LogP contribution is 2.31. The third-order valence-electron chi connectivity index (χ3n) is 6.20. The average Bonchev–Trinajstić information content (AvgIpc) is 2.96. The molecule has 0 spiro atoms. The molecule has 39 heavy (non-hydrogen) atoms. The minimum absolute atomic E-state index is 0.255. The van der Waals surface area contributed by atoms with Crippen LogP contribution in [0.15, 0.2) is 66.7 Å². The predicted octanol–water partition coefficient (Wildman–Crippen LogP) is 5.87. The Kier molecular flexibility index (Phi) is 14.6. The molecular weight excluding hydrogens is 496 g/mol. The van der Waals surface area contributed by atoms with E-state index in [9.17, 15) is 5.11 Å². The average molecular weight is 539 g/mol. The molecule has 7 nitrogen and oxygen atoms in total. The third kappa shape index (κ3) is 11.9. The molecule has 1 N–H and O–H groups in total. The van der Waals surface area contributed by atoms with Crippen LogP contribution in [0.4, 0.5) is 0 Å². The zero-order valence-electron chi connectivity index (χ0n) is 23.2. The summed E-state index contributed by atoms with van der Waals surface area (Å²) in [6.07, 6.45) is 3.72. The second-order valence-electron chi connectivity index (χ2n) is 9.22. The van der Waals surface area contributed by atoms with Gasteiger partial charge < -0.3 is 33.5 Å². The van der Waals surface area contributed by atoms with E-state index < -0.39 is 0 Å². The first kappa shape index (κ1) is 30.8. The summed E-state index contributed by atoms with van der Waals surface area (Å²) in [5, 5.41) is 10.4. The zero-order chi connectivity index (χ0) is 27.5. The molecule has 0 radical (unpaired) electrons. The summed E-state index contributed by atoms with van der Waals surface area (Å²) in [5.74, 6) is 0.255. The van der Waals surface area contributed by atoms with Gasteiger partial charge in [0, 0.05) is 27.4 Å². The van der Waals surface area contributed by atoms with E-state index in [1.807, 2.05) is 12.1 Å². The van der Waals surface area contributed by atoms with Crippen LogP contribution in [0.1, 0.15) is 24.0 Å². The van der Waals surface area contributed by atoms with Gasteiger partial charge in [0.25, 0.3) is 0 Å². The maximum atomic E-state index is 10.4. The minimum atomic E-state index is 0.255. The summed E-state index contributed by atoms with van der Waals surface area (Å²) >= 11 is 0. The molecule has 0 aliphatic carbocycles. The fourth-order valence-corrected chi connectivity index (χ4v) is 4.07. The fraction of sp³-hybridized carbons (Fsp3) is 0.438. The van der Waals surface area contributed by atoms with E-state index in [0.29, 0.717) is 53.2 Å². The third-order valence-corrected chi connectivity index (χ3v) is 6.20. The van der Waals surface area contributed by atoms with Crippen molar-refractivity contribution in [3.8, 4) is 28.0 Å². The molecule has 0 aromatic heterocycles.